The van der Waals surface area contributed by atoms with Crippen molar-refractivity contribution in [3.05, 3.63) is 54.0 Å². The molecule has 1 aromatic carbocycles. The SMILES string of the molecule is O=C(CNC(=O)NCc1ccco1)N/N=C\c1cccc(O)c1. The van der Waals surface area contributed by atoms with Crippen molar-refractivity contribution >= 4 is 18.2 Å². The fourth-order valence-corrected chi connectivity index (χ4v) is 1.63. The van der Waals surface area contributed by atoms with Crippen LogP contribution in [0.3, 0.4) is 0 Å². The minimum Gasteiger partial charge on any atom is -0.508 e. The predicted octanol–water partition coefficient (Wildman–Crippen LogP) is 0.935. The summed E-state index contributed by atoms with van der Waals surface area (Å²) in [5.41, 5.74) is 2.90. The van der Waals surface area contributed by atoms with Crippen molar-refractivity contribution in [1.29, 1.82) is 0 Å². The summed E-state index contributed by atoms with van der Waals surface area (Å²) in [6, 6.07) is 9.35. The van der Waals surface area contributed by atoms with Crippen LogP contribution in [0.2, 0.25) is 0 Å². The van der Waals surface area contributed by atoms with Crippen LogP contribution in [-0.2, 0) is 11.3 Å². The average Bonchev–Trinajstić information content (AvgIpc) is 3.04. The van der Waals surface area contributed by atoms with E-state index < -0.39 is 11.9 Å². The Kier molecular flexibility index (Phi) is 5.75. The van der Waals surface area contributed by atoms with Gasteiger partial charge in [0, 0.05) is 0 Å². The van der Waals surface area contributed by atoms with E-state index in [0.717, 1.165) is 0 Å². The molecule has 1 heterocycles. The van der Waals surface area contributed by atoms with E-state index in [4.69, 9.17) is 4.42 Å². The van der Waals surface area contributed by atoms with E-state index in [1.165, 1.54) is 24.6 Å². The predicted molar refractivity (Wildman–Crippen MR) is 82.8 cm³/mol. The van der Waals surface area contributed by atoms with Crippen LogP contribution in [-0.4, -0.2) is 29.8 Å². The van der Waals surface area contributed by atoms with Crippen molar-refractivity contribution < 1.29 is 19.1 Å². The number of amides is 3. The van der Waals surface area contributed by atoms with Gasteiger partial charge in [-0.2, -0.15) is 5.10 Å². The maximum absolute atomic E-state index is 11.5. The lowest BCUT2D eigenvalue weighted by molar-refractivity contribution is -0.120. The minimum atomic E-state index is -0.492. The van der Waals surface area contributed by atoms with Crippen molar-refractivity contribution in [3.8, 4) is 5.75 Å². The highest BCUT2D eigenvalue weighted by Gasteiger charge is 2.04. The summed E-state index contributed by atoms with van der Waals surface area (Å²) >= 11 is 0. The van der Waals surface area contributed by atoms with Gasteiger partial charge in [0.05, 0.1) is 19.0 Å². The number of aromatic hydroxyl groups is 1. The summed E-state index contributed by atoms with van der Waals surface area (Å²) < 4.78 is 5.05. The number of nitrogens with zero attached hydrogens (tertiary/aromatic N) is 1. The van der Waals surface area contributed by atoms with Crippen LogP contribution < -0.4 is 16.1 Å². The topological polar surface area (TPSA) is 116 Å². The molecule has 0 unspecified atom stereocenters. The van der Waals surface area contributed by atoms with Gasteiger partial charge in [0.1, 0.15) is 18.1 Å². The molecule has 0 spiro atoms. The summed E-state index contributed by atoms with van der Waals surface area (Å²) in [4.78, 5) is 23.0. The minimum absolute atomic E-state index is 0.107. The maximum Gasteiger partial charge on any atom is 0.315 e. The molecule has 0 saturated carbocycles. The lowest BCUT2D eigenvalue weighted by Gasteiger charge is -2.05. The number of benzene rings is 1. The summed E-state index contributed by atoms with van der Waals surface area (Å²) in [5.74, 6) is 0.241. The Morgan fingerprint density at radius 1 is 1.22 bits per heavy atom. The van der Waals surface area contributed by atoms with Crippen molar-refractivity contribution in [3.63, 3.8) is 0 Å². The molecule has 4 N–H and O–H groups in total. The van der Waals surface area contributed by atoms with Gasteiger partial charge in [0.15, 0.2) is 0 Å². The number of nitrogens with one attached hydrogen (secondary N) is 3. The van der Waals surface area contributed by atoms with Crippen molar-refractivity contribution in [2.24, 2.45) is 5.10 Å². The number of phenolic OH excluding ortho intramolecular Hbond substituents is 1. The number of carbonyl (C=O) groups excluding carboxylic acids is 2. The highest BCUT2D eigenvalue weighted by molar-refractivity contribution is 5.85. The van der Waals surface area contributed by atoms with Crippen LogP contribution in [0.25, 0.3) is 0 Å². The van der Waals surface area contributed by atoms with Gasteiger partial charge in [-0.05, 0) is 29.8 Å². The molecule has 0 atom stereocenters. The Morgan fingerprint density at radius 2 is 2.09 bits per heavy atom. The molecule has 23 heavy (non-hydrogen) atoms. The molecule has 2 aromatic rings. The first-order valence-corrected chi connectivity index (χ1v) is 6.78. The molecule has 0 saturated heterocycles. The molecule has 2 rings (SSSR count). The fourth-order valence-electron chi connectivity index (χ4n) is 1.63. The van der Waals surface area contributed by atoms with Crippen molar-refractivity contribution in [1.82, 2.24) is 16.1 Å². The highest BCUT2D eigenvalue weighted by atomic mass is 16.3. The summed E-state index contributed by atoms with van der Waals surface area (Å²) in [6.07, 6.45) is 2.89. The van der Waals surface area contributed by atoms with Crippen molar-refractivity contribution in [2.45, 2.75) is 6.54 Å². The normalized spacial score (nSPS) is 10.4. The Balaban J connectivity index is 1.65. The van der Waals surface area contributed by atoms with Crippen LogP contribution in [0, 0.1) is 0 Å². The standard InChI is InChI=1S/C15H16N4O4/c20-12-4-1-3-11(7-12)8-18-19-14(21)10-17-15(22)16-9-13-5-2-6-23-13/h1-8,20H,9-10H2,(H,19,21)(H2,16,17,22)/b18-8-. The second-order valence-electron chi connectivity index (χ2n) is 4.50. The number of hydrazone groups is 1. The van der Waals surface area contributed by atoms with Gasteiger partial charge in [-0.3, -0.25) is 4.79 Å². The lowest BCUT2D eigenvalue weighted by Crippen LogP contribution is -2.40. The first-order valence-electron chi connectivity index (χ1n) is 6.78. The summed E-state index contributed by atoms with van der Waals surface area (Å²) in [7, 11) is 0. The quantitative estimate of drug-likeness (QED) is 0.468. The molecule has 8 nitrogen and oxygen atoms in total. The van der Waals surface area contributed by atoms with E-state index >= 15 is 0 Å². The molecule has 120 valence electrons. The number of phenols is 1. The fraction of sp³-hybridized carbons (Fsp3) is 0.133. The second kappa shape index (κ2) is 8.23. The molecule has 0 aliphatic carbocycles. The van der Waals surface area contributed by atoms with E-state index in [1.54, 1.807) is 24.3 Å². The molecular weight excluding hydrogens is 300 g/mol. The molecule has 0 fully saturated rings. The van der Waals surface area contributed by atoms with Gasteiger partial charge in [0.25, 0.3) is 5.91 Å². The number of rotatable bonds is 6. The van der Waals surface area contributed by atoms with Crippen molar-refractivity contribution in [2.75, 3.05) is 6.54 Å². The van der Waals surface area contributed by atoms with Crippen LogP contribution in [0.5, 0.6) is 5.75 Å². The van der Waals surface area contributed by atoms with E-state index in [1.807, 2.05) is 0 Å². The van der Waals surface area contributed by atoms with Gasteiger partial charge in [-0.1, -0.05) is 12.1 Å². The van der Waals surface area contributed by atoms with E-state index in [-0.39, 0.29) is 18.8 Å². The zero-order chi connectivity index (χ0) is 16.5. The van der Waals surface area contributed by atoms with E-state index in [0.29, 0.717) is 11.3 Å². The molecule has 3 amide bonds. The van der Waals surface area contributed by atoms with Crippen LogP contribution in [0.4, 0.5) is 4.79 Å². The molecule has 0 bridgehead atoms. The molecular formula is C15H16N4O4. The van der Waals surface area contributed by atoms with Gasteiger partial charge < -0.3 is 20.2 Å². The Hall–Kier alpha value is -3.29. The zero-order valence-electron chi connectivity index (χ0n) is 12.2. The van der Waals surface area contributed by atoms with E-state index in [2.05, 4.69) is 21.2 Å². The molecule has 0 aliphatic heterocycles. The third-order valence-corrected chi connectivity index (χ3v) is 2.69. The van der Waals surface area contributed by atoms with Crippen LogP contribution in [0.15, 0.2) is 52.2 Å². The van der Waals surface area contributed by atoms with Gasteiger partial charge in [-0.25, -0.2) is 10.2 Å². The Morgan fingerprint density at radius 3 is 2.83 bits per heavy atom. The zero-order valence-corrected chi connectivity index (χ0v) is 12.2. The monoisotopic (exact) mass is 316 g/mol. The third kappa shape index (κ3) is 5.92. The summed E-state index contributed by atoms with van der Waals surface area (Å²) in [6.45, 7) is 0.0114. The average molecular weight is 316 g/mol. The summed E-state index contributed by atoms with van der Waals surface area (Å²) in [5, 5.41) is 17.9. The van der Waals surface area contributed by atoms with Gasteiger partial charge in [0.2, 0.25) is 0 Å². The second-order valence-corrected chi connectivity index (χ2v) is 4.50. The smallest absolute Gasteiger partial charge is 0.315 e. The van der Waals surface area contributed by atoms with E-state index in [9.17, 15) is 14.7 Å². The largest absolute Gasteiger partial charge is 0.508 e. The molecule has 1 aromatic heterocycles. The first-order chi connectivity index (χ1) is 11.1. The molecule has 0 radical (unpaired) electrons. The lowest BCUT2D eigenvalue weighted by atomic mass is 10.2. The van der Waals surface area contributed by atoms with Gasteiger partial charge in [-0.15, -0.1) is 0 Å². The number of carbonyl (C=O) groups is 2. The first kappa shape index (κ1) is 16.1. The Bertz CT molecular complexity index is 683. The number of furan rings is 1. The van der Waals surface area contributed by atoms with Crippen LogP contribution >= 0.6 is 0 Å². The highest BCUT2D eigenvalue weighted by Crippen LogP contribution is 2.08. The Labute approximate surface area is 132 Å². The maximum atomic E-state index is 11.5. The molecule has 8 heteroatoms. The number of urea groups is 1. The molecule has 0 aliphatic rings. The van der Waals surface area contributed by atoms with Gasteiger partial charge >= 0.3 is 6.03 Å². The number of hydrogen-bond donors (Lipinski definition) is 4. The number of hydrogen-bond acceptors (Lipinski definition) is 5. The van der Waals surface area contributed by atoms with Crippen LogP contribution in [0.1, 0.15) is 11.3 Å². The third-order valence-electron chi connectivity index (χ3n) is 2.69.